The summed E-state index contributed by atoms with van der Waals surface area (Å²) in [5.74, 6) is 0. The molecular formula is C22H21N2O6S4+. The SMILES string of the molecule is CCCc1cccc2sc(C=CC=CC=C3Sc4ccccc4N3S(=O)(=O)O)[n+](S(=O)(=O)O)c12. The van der Waals surface area contributed by atoms with Crippen LogP contribution in [0.5, 0.6) is 0 Å². The highest BCUT2D eigenvalue weighted by atomic mass is 32.2. The standard InChI is InChI=1S/C22H20N2O6S4/c1-2-9-16-10-8-13-19-22(16)24(34(28,29)30)21(32-19)15-5-3-4-14-20-23(33(25,26)27)17-11-6-7-12-18(17)31-20/h3-8,10-15H,2,9H2,1H3,(H-,25,26,27,28,29,30)/p+1. The molecule has 2 N–H and O–H groups in total. The summed E-state index contributed by atoms with van der Waals surface area (Å²) < 4.78 is 70.1. The van der Waals surface area contributed by atoms with Crippen LogP contribution in [0.2, 0.25) is 0 Å². The number of hydrogen-bond acceptors (Lipinski definition) is 6. The summed E-state index contributed by atoms with van der Waals surface area (Å²) in [4.78, 5) is 0.692. The van der Waals surface area contributed by atoms with Crippen LogP contribution in [0.3, 0.4) is 0 Å². The third-order valence-electron chi connectivity index (χ3n) is 4.88. The molecule has 2 heterocycles. The van der Waals surface area contributed by atoms with Crippen molar-refractivity contribution in [2.24, 2.45) is 0 Å². The van der Waals surface area contributed by atoms with Gasteiger partial charge in [-0.2, -0.15) is 8.42 Å². The second-order valence-electron chi connectivity index (χ2n) is 7.26. The minimum Gasteiger partial charge on any atom is -0.269 e. The minimum absolute atomic E-state index is 0.299. The van der Waals surface area contributed by atoms with E-state index in [2.05, 4.69) is 0 Å². The number of para-hydroxylation sites is 2. The van der Waals surface area contributed by atoms with Crippen molar-refractivity contribution >= 4 is 65.7 Å². The topological polar surface area (TPSA) is 116 Å². The molecule has 1 aliphatic heterocycles. The van der Waals surface area contributed by atoms with E-state index in [9.17, 15) is 25.9 Å². The molecule has 0 amide bonds. The molecule has 178 valence electrons. The highest BCUT2D eigenvalue weighted by Crippen LogP contribution is 2.47. The van der Waals surface area contributed by atoms with Gasteiger partial charge in [-0.25, -0.2) is 8.86 Å². The van der Waals surface area contributed by atoms with E-state index in [1.807, 2.05) is 19.1 Å². The Kier molecular flexibility index (Phi) is 6.99. The van der Waals surface area contributed by atoms with Crippen molar-refractivity contribution in [2.45, 2.75) is 24.7 Å². The van der Waals surface area contributed by atoms with E-state index >= 15 is 0 Å². The van der Waals surface area contributed by atoms with Gasteiger partial charge in [-0.05, 0) is 34.7 Å². The minimum atomic E-state index is -4.53. The highest BCUT2D eigenvalue weighted by molar-refractivity contribution is 8.05. The van der Waals surface area contributed by atoms with Crippen LogP contribution in [0, 0.1) is 0 Å². The number of fused-ring (bicyclic) bond motifs is 2. The van der Waals surface area contributed by atoms with E-state index in [-0.39, 0.29) is 0 Å². The van der Waals surface area contributed by atoms with E-state index in [4.69, 9.17) is 0 Å². The van der Waals surface area contributed by atoms with Gasteiger partial charge in [-0.3, -0.25) is 4.55 Å². The number of hydrogen-bond donors (Lipinski definition) is 2. The predicted molar refractivity (Wildman–Crippen MR) is 136 cm³/mol. The van der Waals surface area contributed by atoms with Crippen LogP contribution in [-0.4, -0.2) is 25.9 Å². The Bertz CT molecular complexity index is 1550. The van der Waals surface area contributed by atoms with Gasteiger partial charge >= 0.3 is 20.6 Å². The first-order chi connectivity index (χ1) is 16.1. The van der Waals surface area contributed by atoms with Crippen LogP contribution in [-0.2, 0) is 27.0 Å². The van der Waals surface area contributed by atoms with Gasteiger partial charge in [0.25, 0.3) is 5.01 Å². The Hall–Kier alpha value is -2.48. The third-order valence-corrected chi connectivity index (χ3v) is 8.98. The molecular weight excluding hydrogens is 517 g/mol. The number of aromatic nitrogens is 1. The molecule has 0 saturated carbocycles. The maximum Gasteiger partial charge on any atom is 0.513 e. The number of aryl methyl sites for hydroxylation is 1. The predicted octanol–water partition coefficient (Wildman–Crippen LogP) is 4.62. The van der Waals surface area contributed by atoms with Crippen molar-refractivity contribution in [3.63, 3.8) is 0 Å². The van der Waals surface area contributed by atoms with Gasteiger partial charge < -0.3 is 0 Å². The lowest BCUT2D eigenvalue weighted by Crippen LogP contribution is -2.43. The van der Waals surface area contributed by atoms with Crippen LogP contribution >= 0.6 is 23.1 Å². The van der Waals surface area contributed by atoms with Gasteiger partial charge in [-0.1, -0.05) is 78.9 Å². The Morgan fingerprint density at radius 2 is 1.76 bits per heavy atom. The summed E-state index contributed by atoms with van der Waals surface area (Å²) in [6.07, 6.45) is 9.36. The number of thiazole rings is 1. The summed E-state index contributed by atoms with van der Waals surface area (Å²) in [6, 6.07) is 12.3. The molecule has 0 radical (unpaired) electrons. The molecule has 12 heteroatoms. The Morgan fingerprint density at radius 3 is 2.47 bits per heavy atom. The molecule has 1 aliphatic rings. The van der Waals surface area contributed by atoms with Gasteiger partial charge in [0.2, 0.25) is 5.52 Å². The summed E-state index contributed by atoms with van der Waals surface area (Å²) in [6.45, 7) is 1.99. The quantitative estimate of drug-likeness (QED) is 0.257. The monoisotopic (exact) mass is 537 g/mol. The summed E-state index contributed by atoms with van der Waals surface area (Å²) in [5, 5.41) is 0.619. The molecule has 34 heavy (non-hydrogen) atoms. The third kappa shape index (κ3) is 4.97. The first-order valence-electron chi connectivity index (χ1n) is 10.2. The normalized spacial score (nSPS) is 15.9. The molecule has 2 aromatic carbocycles. The zero-order chi connectivity index (χ0) is 24.5. The molecule has 0 spiro atoms. The van der Waals surface area contributed by atoms with E-state index in [1.165, 1.54) is 29.2 Å². The van der Waals surface area contributed by atoms with Crippen LogP contribution in [0.15, 0.2) is 76.7 Å². The molecule has 4 rings (SSSR count). The first-order valence-corrected chi connectivity index (χ1v) is 14.6. The van der Waals surface area contributed by atoms with Crippen molar-refractivity contribution < 1.29 is 29.9 Å². The molecule has 0 unspecified atom stereocenters. The summed E-state index contributed by atoms with van der Waals surface area (Å²) >= 11 is 2.43. The van der Waals surface area contributed by atoms with E-state index in [1.54, 1.807) is 54.6 Å². The van der Waals surface area contributed by atoms with Gasteiger partial charge in [0, 0.05) is 16.5 Å². The lowest BCUT2D eigenvalue weighted by Gasteiger charge is -2.15. The summed E-state index contributed by atoms with van der Waals surface area (Å²) in [5.41, 5.74) is 1.66. The van der Waals surface area contributed by atoms with Gasteiger partial charge in [0.05, 0.1) is 10.7 Å². The second-order valence-corrected chi connectivity index (χ2v) is 11.9. The van der Waals surface area contributed by atoms with Crippen molar-refractivity contribution in [2.75, 3.05) is 4.31 Å². The smallest absolute Gasteiger partial charge is 0.269 e. The maximum absolute atomic E-state index is 12.2. The second kappa shape index (κ2) is 9.64. The Morgan fingerprint density at radius 1 is 1.00 bits per heavy atom. The largest absolute Gasteiger partial charge is 0.513 e. The fraction of sp³-hybridized carbons (Fsp3) is 0.136. The molecule has 0 fully saturated rings. The molecule has 0 saturated heterocycles. The van der Waals surface area contributed by atoms with Crippen LogP contribution in [0.25, 0.3) is 16.3 Å². The van der Waals surface area contributed by atoms with Gasteiger partial charge in [0.1, 0.15) is 4.70 Å². The Balaban J connectivity index is 1.66. The number of nitrogens with zero attached hydrogens (tertiary/aromatic N) is 2. The van der Waals surface area contributed by atoms with E-state index in [0.29, 0.717) is 32.6 Å². The van der Waals surface area contributed by atoms with Crippen LogP contribution in [0.1, 0.15) is 23.9 Å². The maximum atomic E-state index is 12.2. The summed E-state index contributed by atoms with van der Waals surface area (Å²) in [7, 11) is -9.03. The number of thioether (sulfide) groups is 1. The van der Waals surface area contributed by atoms with Crippen molar-refractivity contribution in [1.29, 1.82) is 0 Å². The lowest BCUT2D eigenvalue weighted by molar-refractivity contribution is -0.486. The molecule has 0 atom stereocenters. The van der Waals surface area contributed by atoms with Crippen LogP contribution in [0.4, 0.5) is 5.69 Å². The molecule has 0 bridgehead atoms. The number of rotatable bonds is 7. The first kappa shape index (κ1) is 24.6. The van der Waals surface area contributed by atoms with Gasteiger partial charge in [0.15, 0.2) is 0 Å². The van der Waals surface area contributed by atoms with Crippen molar-refractivity contribution in [3.8, 4) is 0 Å². The molecule has 8 nitrogen and oxygen atoms in total. The zero-order valence-corrected chi connectivity index (χ0v) is 21.2. The number of benzene rings is 2. The average Bonchev–Trinajstić information content (AvgIpc) is 3.32. The highest BCUT2D eigenvalue weighted by Gasteiger charge is 2.33. The fourth-order valence-corrected chi connectivity index (χ4v) is 7.92. The number of allylic oxidation sites excluding steroid dienone is 4. The zero-order valence-electron chi connectivity index (χ0n) is 17.9. The Labute approximate surface area is 206 Å². The van der Waals surface area contributed by atoms with Crippen LogP contribution < -0.4 is 8.28 Å². The van der Waals surface area contributed by atoms with E-state index in [0.717, 1.165) is 25.0 Å². The van der Waals surface area contributed by atoms with Crippen molar-refractivity contribution in [1.82, 2.24) is 0 Å². The molecule has 0 aliphatic carbocycles. The van der Waals surface area contributed by atoms with E-state index < -0.39 is 20.6 Å². The lowest BCUT2D eigenvalue weighted by atomic mass is 10.1. The van der Waals surface area contributed by atoms with Gasteiger partial charge in [-0.15, -0.1) is 8.42 Å². The number of anilines is 1. The average molecular weight is 538 g/mol. The fourth-order valence-electron chi connectivity index (χ4n) is 3.61. The molecule has 1 aromatic heterocycles. The molecule has 3 aromatic rings. The van der Waals surface area contributed by atoms with Crippen molar-refractivity contribution in [3.05, 3.63) is 82.4 Å².